The summed E-state index contributed by atoms with van der Waals surface area (Å²) < 4.78 is 35.6. The maximum Gasteiger partial charge on any atom is 0.472 e. The van der Waals surface area contributed by atoms with Crippen molar-refractivity contribution in [3.8, 4) is 0 Å². The van der Waals surface area contributed by atoms with Crippen LogP contribution in [-0.2, 0) is 38.2 Å². The smallest absolute Gasteiger partial charge is 0.462 e. The van der Waals surface area contributed by atoms with Gasteiger partial charge in [0.15, 0.2) is 6.10 Å². The second kappa shape index (κ2) is 43.7. The van der Waals surface area contributed by atoms with Crippen LogP contribution in [0.25, 0.3) is 0 Å². The van der Waals surface area contributed by atoms with Crippen molar-refractivity contribution in [2.24, 2.45) is 0 Å². The molecular weight excluding hydrogens is 942 g/mol. The molecule has 2 N–H and O–H groups in total. The molecule has 2 atom stereocenters. The van der Waals surface area contributed by atoms with Gasteiger partial charge in [0, 0.05) is 19.4 Å². The second-order valence-electron chi connectivity index (χ2n) is 21.0. The third-order valence-electron chi connectivity index (χ3n) is 14.5. The molecule has 0 heterocycles. The van der Waals surface area contributed by atoms with Crippen molar-refractivity contribution in [3.05, 3.63) is 108 Å². The lowest BCUT2D eigenvalue weighted by Gasteiger charge is -2.37. The van der Waals surface area contributed by atoms with Crippen LogP contribution in [0.3, 0.4) is 0 Å². The minimum Gasteiger partial charge on any atom is -0.462 e. The van der Waals surface area contributed by atoms with Crippen molar-refractivity contribution >= 4 is 19.8 Å². The molecule has 9 nitrogen and oxygen atoms in total. The monoisotopic (exact) mass is 1050 g/mol. The minimum atomic E-state index is -4.61. The van der Waals surface area contributed by atoms with Gasteiger partial charge in [0.25, 0.3) is 0 Å². The second-order valence-corrected chi connectivity index (χ2v) is 22.4. The zero-order chi connectivity index (χ0) is 52.9. The van der Waals surface area contributed by atoms with E-state index < -0.39 is 32.0 Å². The van der Waals surface area contributed by atoms with E-state index in [0.717, 1.165) is 55.2 Å². The molecule has 0 aliphatic carbocycles. The van der Waals surface area contributed by atoms with Gasteiger partial charge in [0.1, 0.15) is 6.61 Å². The lowest BCUT2D eigenvalue weighted by atomic mass is 9.77. The van der Waals surface area contributed by atoms with Gasteiger partial charge in [-0.2, -0.15) is 0 Å². The van der Waals surface area contributed by atoms with E-state index in [1.54, 1.807) is 0 Å². The fraction of sp³-hybridized carbons (Fsp3) is 0.688. The first-order valence-corrected chi connectivity index (χ1v) is 31.7. The third-order valence-corrected chi connectivity index (χ3v) is 15.5. The molecule has 0 aliphatic heterocycles. The summed E-state index contributed by atoms with van der Waals surface area (Å²) in [5.74, 6) is -0.826. The number of phosphoric acid groups is 1. The van der Waals surface area contributed by atoms with Gasteiger partial charge < -0.3 is 14.4 Å². The van der Waals surface area contributed by atoms with Gasteiger partial charge in [-0.15, -0.1) is 0 Å². The summed E-state index contributed by atoms with van der Waals surface area (Å²) in [6.07, 6.45) is 42.3. The van der Waals surface area contributed by atoms with E-state index in [4.69, 9.17) is 18.5 Å². The Kier molecular flexibility index (Phi) is 38.4. The number of nitrogens with one attached hydrogen (secondary N) is 1. The van der Waals surface area contributed by atoms with E-state index in [2.05, 4.69) is 55.6 Å². The minimum absolute atomic E-state index is 0.153. The van der Waals surface area contributed by atoms with Gasteiger partial charge >= 0.3 is 19.8 Å². The molecule has 3 aromatic carbocycles. The Bertz CT molecular complexity index is 1720. The van der Waals surface area contributed by atoms with Crippen molar-refractivity contribution in [2.45, 2.75) is 257 Å². The topological polar surface area (TPSA) is 120 Å². The first-order valence-electron chi connectivity index (χ1n) is 30.2. The Hall–Kier alpha value is -3.33. The molecule has 0 spiro atoms. The number of ether oxygens (including phenoxy) is 2. The predicted octanol–water partition coefficient (Wildman–Crippen LogP) is 18.2. The van der Waals surface area contributed by atoms with E-state index in [0.29, 0.717) is 6.42 Å². The zero-order valence-electron chi connectivity index (χ0n) is 46.8. The van der Waals surface area contributed by atoms with Crippen molar-refractivity contribution in [3.63, 3.8) is 0 Å². The lowest BCUT2D eigenvalue weighted by Crippen LogP contribution is -2.46. The van der Waals surface area contributed by atoms with E-state index in [1.807, 2.05) is 54.6 Å². The summed E-state index contributed by atoms with van der Waals surface area (Å²) in [5.41, 5.74) is 2.22. The number of hydrogen-bond acceptors (Lipinski definition) is 8. The molecule has 0 saturated heterocycles. The maximum absolute atomic E-state index is 13.3. The highest BCUT2D eigenvalue weighted by Gasteiger charge is 2.36. The Balaban J connectivity index is 1.39. The summed E-state index contributed by atoms with van der Waals surface area (Å²) in [5, 5.41) is 3.64. The molecule has 74 heavy (non-hydrogen) atoms. The molecule has 0 aliphatic rings. The van der Waals surface area contributed by atoms with Gasteiger partial charge in [-0.25, -0.2) is 4.57 Å². The van der Waals surface area contributed by atoms with Crippen molar-refractivity contribution in [1.29, 1.82) is 0 Å². The number of benzene rings is 3. The van der Waals surface area contributed by atoms with Crippen LogP contribution in [0, 0.1) is 0 Å². The van der Waals surface area contributed by atoms with E-state index in [1.165, 1.54) is 173 Å². The van der Waals surface area contributed by atoms with Crippen LogP contribution >= 0.6 is 7.82 Å². The summed E-state index contributed by atoms with van der Waals surface area (Å²) in [6, 6.07) is 30.2. The highest BCUT2D eigenvalue weighted by Crippen LogP contribution is 2.43. The van der Waals surface area contributed by atoms with Crippen LogP contribution in [0.4, 0.5) is 0 Å². The van der Waals surface area contributed by atoms with Crippen LogP contribution < -0.4 is 5.32 Å². The summed E-state index contributed by atoms with van der Waals surface area (Å²) in [7, 11) is -4.61. The van der Waals surface area contributed by atoms with Crippen LogP contribution in [0.15, 0.2) is 91.0 Å². The fourth-order valence-electron chi connectivity index (χ4n) is 10.1. The quantitative estimate of drug-likeness (QED) is 0.0246. The molecule has 0 aromatic heterocycles. The number of phosphoric ester groups is 1. The molecule has 0 saturated carbocycles. The lowest BCUT2D eigenvalue weighted by molar-refractivity contribution is -0.161. The number of carbonyl (C=O) groups excluding carboxylic acids is 2. The van der Waals surface area contributed by atoms with Crippen molar-refractivity contribution < 1.29 is 37.6 Å². The number of unbranched alkanes of at least 4 members (excludes halogenated alkanes) is 32. The molecule has 3 rings (SSSR count). The molecule has 0 fully saturated rings. The fourth-order valence-corrected chi connectivity index (χ4v) is 10.8. The Labute approximate surface area is 451 Å². The summed E-state index contributed by atoms with van der Waals surface area (Å²) in [4.78, 5) is 36.8. The molecule has 1 unspecified atom stereocenters. The van der Waals surface area contributed by atoms with E-state index >= 15 is 0 Å². The van der Waals surface area contributed by atoms with Crippen LogP contribution in [0.2, 0.25) is 0 Å². The van der Waals surface area contributed by atoms with E-state index in [-0.39, 0.29) is 38.6 Å². The number of esters is 2. The molecule has 3 aromatic rings. The average Bonchev–Trinajstić information content (AvgIpc) is 3.42. The molecule has 10 heteroatoms. The van der Waals surface area contributed by atoms with Crippen molar-refractivity contribution in [2.75, 3.05) is 26.4 Å². The number of carbonyl (C=O) groups is 2. The third kappa shape index (κ3) is 31.0. The van der Waals surface area contributed by atoms with Crippen LogP contribution in [0.1, 0.15) is 262 Å². The van der Waals surface area contributed by atoms with Crippen molar-refractivity contribution in [1.82, 2.24) is 5.32 Å². The molecule has 0 amide bonds. The van der Waals surface area contributed by atoms with Gasteiger partial charge in [-0.1, -0.05) is 310 Å². The van der Waals surface area contributed by atoms with Gasteiger partial charge in [-0.05, 0) is 29.5 Å². The molecular formula is C64H104NO8P. The average molecular weight is 1050 g/mol. The largest absolute Gasteiger partial charge is 0.472 e. The standard InChI is InChI=1S/C64H104NO8P/c1-3-5-7-9-11-13-15-17-18-19-20-21-22-23-24-26-28-30-32-34-45-53-63(67)73-61(56-70-62(66)52-44-33-31-29-27-25-16-14-12-10-8-6-4-2)57-72-74(68,69)71-55-54-65-64(58-46-38-35-39-47-58,59-48-40-36-41-49-59)60-50-42-37-43-51-60/h35-43,46-51,61,65H,3-34,44-45,52-57H2,1-2H3,(H,68,69)/t61-/m1/s1. The predicted molar refractivity (Wildman–Crippen MR) is 307 cm³/mol. The van der Waals surface area contributed by atoms with Gasteiger partial charge in [-0.3, -0.25) is 24.0 Å². The molecule has 0 bridgehead atoms. The number of hydrogen-bond donors (Lipinski definition) is 2. The zero-order valence-corrected chi connectivity index (χ0v) is 47.7. The van der Waals surface area contributed by atoms with Gasteiger partial charge in [0.2, 0.25) is 0 Å². The first kappa shape index (κ1) is 65.0. The normalized spacial score (nSPS) is 12.9. The number of rotatable bonds is 50. The Morgan fingerprint density at radius 3 is 1.09 bits per heavy atom. The highest BCUT2D eigenvalue weighted by atomic mass is 31.2. The van der Waals surface area contributed by atoms with Gasteiger partial charge in [0.05, 0.1) is 18.8 Å². The Morgan fingerprint density at radius 1 is 0.446 bits per heavy atom. The Morgan fingerprint density at radius 2 is 0.757 bits per heavy atom. The van der Waals surface area contributed by atoms with E-state index in [9.17, 15) is 19.0 Å². The summed E-state index contributed by atoms with van der Waals surface area (Å²) in [6.45, 7) is 3.86. The molecule has 0 radical (unpaired) electrons. The molecule has 418 valence electrons. The van der Waals surface area contributed by atoms with Crippen LogP contribution in [0.5, 0.6) is 0 Å². The van der Waals surface area contributed by atoms with Crippen LogP contribution in [-0.4, -0.2) is 49.3 Å². The summed E-state index contributed by atoms with van der Waals surface area (Å²) >= 11 is 0. The SMILES string of the molecule is CCCCCCCCCCCCCCCCCCCCCCCC(=O)O[C@H](COC(=O)CCCCCCCCCCCCCCC)COP(=O)(O)OCCNC(c1ccccc1)(c1ccccc1)c1ccccc1. The highest BCUT2D eigenvalue weighted by molar-refractivity contribution is 7.47. The first-order chi connectivity index (χ1) is 36.3. The maximum atomic E-state index is 13.3.